The van der Waals surface area contributed by atoms with Crippen LogP contribution in [0.2, 0.25) is 0 Å². The van der Waals surface area contributed by atoms with Gasteiger partial charge in [0.25, 0.3) is 0 Å². The Kier molecular flexibility index (Phi) is 3.87. The molecule has 0 unspecified atom stereocenters. The van der Waals surface area contributed by atoms with Gasteiger partial charge in [-0.05, 0) is 37.1 Å². The molecule has 1 aliphatic heterocycles. The number of rotatable bonds is 3. The lowest BCUT2D eigenvalue weighted by Crippen LogP contribution is -2.41. The fourth-order valence-electron chi connectivity index (χ4n) is 1.96. The van der Waals surface area contributed by atoms with E-state index in [-0.39, 0.29) is 19.2 Å². The molecule has 8 heteroatoms. The van der Waals surface area contributed by atoms with Crippen molar-refractivity contribution in [1.82, 2.24) is 9.03 Å². The highest BCUT2D eigenvalue weighted by atomic mass is 32.2. The van der Waals surface area contributed by atoms with E-state index in [1.54, 1.807) is 32.0 Å². The number of nitrogens with one attached hydrogen (secondary N) is 1. The Hall–Kier alpha value is -1.80. The van der Waals surface area contributed by atoms with Gasteiger partial charge in [-0.3, -0.25) is 0 Å². The van der Waals surface area contributed by atoms with Gasteiger partial charge in [0.2, 0.25) is 0 Å². The summed E-state index contributed by atoms with van der Waals surface area (Å²) in [5.41, 5.74) is 7.96. The smallest absolute Gasteiger partial charge is 0.422 e. The first kappa shape index (κ1) is 14.6. The summed E-state index contributed by atoms with van der Waals surface area (Å²) in [5.74, 6) is 0. The van der Waals surface area contributed by atoms with Crippen LogP contribution in [0.5, 0.6) is 0 Å². The zero-order chi connectivity index (χ0) is 14.9. The quantitative estimate of drug-likeness (QED) is 0.810. The molecule has 0 atom stereocenters. The number of anilines is 1. The lowest BCUT2D eigenvalue weighted by atomic mass is 10.1. The van der Waals surface area contributed by atoms with Crippen LogP contribution in [0.25, 0.3) is 0 Å². The maximum Gasteiger partial charge on any atom is 0.422 e. The van der Waals surface area contributed by atoms with Crippen LogP contribution in [-0.2, 0) is 28.0 Å². The van der Waals surface area contributed by atoms with Crippen LogP contribution >= 0.6 is 0 Å². The van der Waals surface area contributed by atoms with Crippen molar-refractivity contribution < 1.29 is 17.9 Å². The van der Waals surface area contributed by atoms with E-state index in [1.807, 2.05) is 4.72 Å². The summed E-state index contributed by atoms with van der Waals surface area (Å²) in [7, 11) is -3.92. The molecule has 1 aliphatic rings. The van der Waals surface area contributed by atoms with Gasteiger partial charge >= 0.3 is 16.3 Å². The van der Waals surface area contributed by atoms with Crippen LogP contribution < -0.4 is 10.5 Å². The predicted molar refractivity (Wildman–Crippen MR) is 73.8 cm³/mol. The Morgan fingerprint density at radius 3 is 2.65 bits per heavy atom. The van der Waals surface area contributed by atoms with Crippen molar-refractivity contribution in [3.63, 3.8) is 0 Å². The zero-order valence-electron chi connectivity index (χ0n) is 11.3. The molecule has 0 fully saturated rings. The second-order valence-corrected chi connectivity index (χ2v) is 6.53. The molecule has 0 bridgehead atoms. The average Bonchev–Trinajstić information content (AvgIpc) is 2.70. The third-order valence-corrected chi connectivity index (χ3v) is 4.18. The molecule has 0 spiro atoms. The molecule has 1 heterocycles. The highest BCUT2D eigenvalue weighted by Crippen LogP contribution is 2.26. The second-order valence-electron chi connectivity index (χ2n) is 4.86. The molecule has 0 aliphatic carbocycles. The molecule has 0 aromatic heterocycles. The molecule has 1 aromatic rings. The number of fused-ring (bicyclic) bond motifs is 1. The highest BCUT2D eigenvalue weighted by molar-refractivity contribution is 7.87. The van der Waals surface area contributed by atoms with Crippen molar-refractivity contribution in [2.45, 2.75) is 33.0 Å². The molecule has 2 rings (SSSR count). The standard InChI is InChI=1S/C12H17N3O4S/c1-8(2)19-12(16)14-20(17,18)15-6-9-3-4-11(13)5-10(9)7-15/h3-5,8H,6-7,13H2,1-2H3,(H,14,16). The summed E-state index contributed by atoms with van der Waals surface area (Å²) in [6.07, 6.45) is -1.36. The molecule has 0 saturated carbocycles. The summed E-state index contributed by atoms with van der Waals surface area (Å²) in [5, 5.41) is 0. The molecule has 0 radical (unpaired) electrons. The Balaban J connectivity index is 2.08. The Labute approximate surface area is 117 Å². The van der Waals surface area contributed by atoms with E-state index in [4.69, 9.17) is 10.5 Å². The van der Waals surface area contributed by atoms with Gasteiger partial charge in [-0.15, -0.1) is 0 Å². The fourth-order valence-corrected chi connectivity index (χ4v) is 2.97. The Morgan fingerprint density at radius 2 is 2.00 bits per heavy atom. The number of amides is 1. The average molecular weight is 299 g/mol. The van der Waals surface area contributed by atoms with Crippen LogP contribution in [-0.4, -0.2) is 24.9 Å². The first-order valence-electron chi connectivity index (χ1n) is 6.13. The summed E-state index contributed by atoms with van der Waals surface area (Å²) in [6.45, 7) is 3.67. The van der Waals surface area contributed by atoms with Gasteiger partial charge in [0.05, 0.1) is 6.10 Å². The van der Waals surface area contributed by atoms with E-state index in [9.17, 15) is 13.2 Å². The summed E-state index contributed by atoms with van der Waals surface area (Å²) in [6, 6.07) is 5.24. The lowest BCUT2D eigenvalue weighted by Gasteiger charge is -2.16. The van der Waals surface area contributed by atoms with Crippen molar-refractivity contribution in [1.29, 1.82) is 0 Å². The van der Waals surface area contributed by atoms with Gasteiger partial charge in [-0.1, -0.05) is 6.07 Å². The molecule has 7 nitrogen and oxygen atoms in total. The van der Waals surface area contributed by atoms with Crippen molar-refractivity contribution in [3.05, 3.63) is 29.3 Å². The molecular weight excluding hydrogens is 282 g/mol. The fraction of sp³-hybridized carbons (Fsp3) is 0.417. The molecule has 0 saturated heterocycles. The molecule has 1 aromatic carbocycles. The molecule has 3 N–H and O–H groups in total. The van der Waals surface area contributed by atoms with Crippen molar-refractivity contribution >= 4 is 22.0 Å². The monoisotopic (exact) mass is 299 g/mol. The first-order valence-corrected chi connectivity index (χ1v) is 7.58. The molecule has 1 amide bonds. The second kappa shape index (κ2) is 5.29. The van der Waals surface area contributed by atoms with Crippen molar-refractivity contribution in [2.24, 2.45) is 0 Å². The van der Waals surface area contributed by atoms with Gasteiger partial charge < -0.3 is 10.5 Å². The van der Waals surface area contributed by atoms with Gasteiger partial charge in [0.15, 0.2) is 0 Å². The summed E-state index contributed by atoms with van der Waals surface area (Å²) < 4.78 is 31.9. The zero-order valence-corrected chi connectivity index (χ0v) is 12.1. The van der Waals surface area contributed by atoms with E-state index in [0.717, 1.165) is 11.1 Å². The minimum absolute atomic E-state index is 0.185. The Bertz CT molecular complexity index is 628. The molecule has 110 valence electrons. The Morgan fingerprint density at radius 1 is 1.35 bits per heavy atom. The van der Waals surface area contributed by atoms with Crippen LogP contribution in [0.3, 0.4) is 0 Å². The normalized spacial score (nSPS) is 15.2. The van der Waals surface area contributed by atoms with Crippen molar-refractivity contribution in [2.75, 3.05) is 5.73 Å². The first-order chi connectivity index (χ1) is 9.28. The summed E-state index contributed by atoms with van der Waals surface area (Å²) in [4.78, 5) is 11.4. The van der Waals surface area contributed by atoms with Gasteiger partial charge in [-0.2, -0.15) is 12.7 Å². The van der Waals surface area contributed by atoms with Crippen molar-refractivity contribution in [3.8, 4) is 0 Å². The number of nitrogens with zero attached hydrogens (tertiary/aromatic N) is 1. The van der Waals surface area contributed by atoms with E-state index < -0.39 is 16.3 Å². The topological polar surface area (TPSA) is 102 Å². The highest BCUT2D eigenvalue weighted by Gasteiger charge is 2.31. The van der Waals surface area contributed by atoms with Crippen LogP contribution in [0.15, 0.2) is 18.2 Å². The van der Waals surface area contributed by atoms with Gasteiger partial charge in [0.1, 0.15) is 0 Å². The summed E-state index contributed by atoms with van der Waals surface area (Å²) >= 11 is 0. The number of carbonyl (C=O) groups excluding carboxylic acids is 1. The predicted octanol–water partition coefficient (Wildman–Crippen LogP) is 0.964. The largest absolute Gasteiger partial charge is 0.446 e. The number of nitrogens with two attached hydrogens (primary N) is 1. The maximum atomic E-state index is 12.1. The number of hydrogen-bond donors (Lipinski definition) is 2. The van der Waals surface area contributed by atoms with Crippen LogP contribution in [0, 0.1) is 0 Å². The van der Waals surface area contributed by atoms with Crippen LogP contribution in [0.4, 0.5) is 10.5 Å². The van der Waals surface area contributed by atoms with E-state index in [2.05, 4.69) is 0 Å². The third kappa shape index (κ3) is 3.20. The number of carbonyl (C=O) groups is 1. The van der Waals surface area contributed by atoms with Gasteiger partial charge in [0, 0.05) is 18.8 Å². The third-order valence-electron chi connectivity index (χ3n) is 2.82. The maximum absolute atomic E-state index is 12.1. The lowest BCUT2D eigenvalue weighted by molar-refractivity contribution is 0.121. The van der Waals surface area contributed by atoms with E-state index in [0.29, 0.717) is 5.69 Å². The number of benzene rings is 1. The van der Waals surface area contributed by atoms with Gasteiger partial charge in [-0.25, -0.2) is 9.52 Å². The SMILES string of the molecule is CC(C)OC(=O)NS(=O)(=O)N1Cc2ccc(N)cc2C1. The molecule has 20 heavy (non-hydrogen) atoms. The van der Waals surface area contributed by atoms with E-state index in [1.165, 1.54) is 4.31 Å². The number of ether oxygens (including phenoxy) is 1. The molecular formula is C12H17N3O4S. The number of hydrogen-bond acceptors (Lipinski definition) is 5. The number of nitrogen functional groups attached to an aromatic ring is 1. The van der Waals surface area contributed by atoms with E-state index >= 15 is 0 Å². The minimum Gasteiger partial charge on any atom is -0.446 e. The minimum atomic E-state index is -3.92. The van der Waals surface area contributed by atoms with Crippen LogP contribution in [0.1, 0.15) is 25.0 Å².